The normalized spacial score (nSPS) is 14.3. The lowest BCUT2D eigenvalue weighted by Gasteiger charge is -2.15. The van der Waals surface area contributed by atoms with E-state index in [0.29, 0.717) is 18.6 Å². The number of benzene rings is 1. The van der Waals surface area contributed by atoms with Gasteiger partial charge in [-0.3, -0.25) is 0 Å². The van der Waals surface area contributed by atoms with E-state index in [4.69, 9.17) is 0 Å². The highest BCUT2D eigenvalue weighted by Crippen LogP contribution is 2.32. The van der Waals surface area contributed by atoms with Gasteiger partial charge in [-0.15, -0.1) is 0 Å². The van der Waals surface area contributed by atoms with Crippen molar-refractivity contribution in [3.63, 3.8) is 0 Å². The molecule has 0 aromatic heterocycles. The third-order valence-corrected chi connectivity index (χ3v) is 2.88. The molecule has 0 saturated heterocycles. The molecule has 0 aliphatic heterocycles. The van der Waals surface area contributed by atoms with E-state index in [1.54, 1.807) is 6.92 Å². The highest BCUT2D eigenvalue weighted by Gasteiger charge is 2.34. The van der Waals surface area contributed by atoms with E-state index in [2.05, 4.69) is 10.6 Å². The minimum Gasteiger partial charge on any atom is -0.393 e. The van der Waals surface area contributed by atoms with Crippen LogP contribution in [-0.2, 0) is 6.18 Å². The zero-order valence-corrected chi connectivity index (χ0v) is 12.2. The van der Waals surface area contributed by atoms with E-state index in [9.17, 15) is 27.5 Å². The molecule has 2 unspecified atom stereocenters. The number of carbonyl (C=O) groups is 1. The Balaban J connectivity index is 2.62. The van der Waals surface area contributed by atoms with Crippen LogP contribution in [0.2, 0.25) is 0 Å². The van der Waals surface area contributed by atoms with Gasteiger partial charge in [0.05, 0.1) is 11.7 Å². The minimum absolute atomic E-state index is 0.00436. The number of aliphatic hydroxyl groups is 1. The summed E-state index contributed by atoms with van der Waals surface area (Å²) in [6.45, 7) is 3.68. The van der Waals surface area contributed by atoms with Crippen molar-refractivity contribution in [1.29, 1.82) is 0 Å². The molecule has 0 fully saturated rings. The summed E-state index contributed by atoms with van der Waals surface area (Å²) in [5.41, 5.74) is -1.60. The molecule has 1 aromatic carbocycles. The minimum atomic E-state index is -4.83. The molecule has 4 nitrogen and oxygen atoms in total. The first-order valence-corrected chi connectivity index (χ1v) is 6.69. The van der Waals surface area contributed by atoms with Gasteiger partial charge in [0.1, 0.15) is 5.82 Å². The lowest BCUT2D eigenvalue weighted by atomic mass is 10.1. The molecule has 2 atom stereocenters. The van der Waals surface area contributed by atoms with E-state index in [1.807, 2.05) is 6.92 Å². The van der Waals surface area contributed by atoms with Gasteiger partial charge in [0.2, 0.25) is 0 Å². The summed E-state index contributed by atoms with van der Waals surface area (Å²) in [6, 6.07) is 1.53. The number of hydrogen-bond donors (Lipinski definition) is 3. The summed E-state index contributed by atoms with van der Waals surface area (Å²) >= 11 is 0. The smallest absolute Gasteiger partial charge is 0.393 e. The Morgan fingerprint density at radius 2 is 1.95 bits per heavy atom. The van der Waals surface area contributed by atoms with Crippen molar-refractivity contribution in [2.45, 2.75) is 32.5 Å². The summed E-state index contributed by atoms with van der Waals surface area (Å²) in [7, 11) is 0. The van der Waals surface area contributed by atoms with Crippen molar-refractivity contribution in [2.75, 3.05) is 11.9 Å². The molecule has 0 bridgehead atoms. The lowest BCUT2D eigenvalue weighted by molar-refractivity contribution is -0.139. The van der Waals surface area contributed by atoms with Crippen molar-refractivity contribution in [2.24, 2.45) is 5.92 Å². The first-order chi connectivity index (χ1) is 10.1. The van der Waals surface area contributed by atoms with Gasteiger partial charge in [-0.25, -0.2) is 9.18 Å². The maximum absolute atomic E-state index is 13.1. The molecule has 0 aliphatic rings. The second-order valence-electron chi connectivity index (χ2n) is 5.22. The molecule has 2 amide bonds. The standard InChI is InChI=1S/C14H18F4N2O2/c1-8(5-9(2)21)7-19-13(22)20-10-3-4-12(15)11(6-10)14(16,17)18/h3-4,6,8-9,21H,5,7H2,1-2H3,(H2,19,20,22). The Kier molecular flexibility index (Phi) is 6.16. The zero-order valence-electron chi connectivity index (χ0n) is 12.2. The monoisotopic (exact) mass is 322 g/mol. The number of amides is 2. The Hall–Kier alpha value is -1.83. The van der Waals surface area contributed by atoms with Crippen molar-refractivity contribution < 1.29 is 27.5 Å². The van der Waals surface area contributed by atoms with Gasteiger partial charge < -0.3 is 15.7 Å². The molecule has 22 heavy (non-hydrogen) atoms. The van der Waals surface area contributed by atoms with Crippen LogP contribution in [0.4, 0.5) is 28.0 Å². The van der Waals surface area contributed by atoms with Crippen LogP contribution < -0.4 is 10.6 Å². The number of aliphatic hydroxyl groups excluding tert-OH is 1. The van der Waals surface area contributed by atoms with Crippen LogP contribution in [-0.4, -0.2) is 23.8 Å². The van der Waals surface area contributed by atoms with E-state index in [0.717, 1.165) is 6.07 Å². The summed E-state index contributed by atoms with van der Waals surface area (Å²) < 4.78 is 50.8. The van der Waals surface area contributed by atoms with Crippen LogP contribution in [0.5, 0.6) is 0 Å². The number of carbonyl (C=O) groups excluding carboxylic acids is 1. The van der Waals surface area contributed by atoms with Gasteiger partial charge in [-0.2, -0.15) is 13.2 Å². The molecule has 1 aromatic rings. The average molecular weight is 322 g/mol. The Morgan fingerprint density at radius 1 is 1.32 bits per heavy atom. The van der Waals surface area contributed by atoms with E-state index < -0.39 is 29.7 Å². The molecule has 0 aliphatic carbocycles. The topological polar surface area (TPSA) is 61.4 Å². The number of nitrogens with one attached hydrogen (secondary N) is 2. The SMILES string of the molecule is CC(O)CC(C)CNC(=O)Nc1ccc(F)c(C(F)(F)F)c1. The van der Waals surface area contributed by atoms with Gasteiger partial charge in [-0.05, 0) is 37.5 Å². The van der Waals surface area contributed by atoms with Crippen LogP contribution in [0.1, 0.15) is 25.8 Å². The van der Waals surface area contributed by atoms with Crippen LogP contribution in [0, 0.1) is 11.7 Å². The number of rotatable bonds is 5. The molecular formula is C14H18F4N2O2. The predicted octanol–water partition coefficient (Wildman–Crippen LogP) is 3.37. The van der Waals surface area contributed by atoms with E-state index in [-0.39, 0.29) is 18.2 Å². The molecule has 124 valence electrons. The Labute approximate surface area is 125 Å². The van der Waals surface area contributed by atoms with Gasteiger partial charge >= 0.3 is 12.2 Å². The first-order valence-electron chi connectivity index (χ1n) is 6.69. The number of urea groups is 1. The fraction of sp³-hybridized carbons (Fsp3) is 0.500. The highest BCUT2D eigenvalue weighted by molar-refractivity contribution is 5.89. The lowest BCUT2D eigenvalue weighted by Crippen LogP contribution is -2.33. The maximum Gasteiger partial charge on any atom is 0.419 e. The van der Waals surface area contributed by atoms with Gasteiger partial charge in [0.25, 0.3) is 0 Å². The zero-order chi connectivity index (χ0) is 16.9. The summed E-state index contributed by atoms with van der Waals surface area (Å²) in [4.78, 5) is 11.6. The Bertz CT molecular complexity index is 518. The molecule has 0 spiro atoms. The molecule has 1 rings (SSSR count). The van der Waals surface area contributed by atoms with Gasteiger partial charge in [-0.1, -0.05) is 6.92 Å². The van der Waals surface area contributed by atoms with Crippen molar-refractivity contribution in [1.82, 2.24) is 5.32 Å². The largest absolute Gasteiger partial charge is 0.419 e. The summed E-state index contributed by atoms with van der Waals surface area (Å²) in [6.07, 6.45) is -4.86. The highest BCUT2D eigenvalue weighted by atomic mass is 19.4. The Morgan fingerprint density at radius 3 is 2.50 bits per heavy atom. The van der Waals surface area contributed by atoms with Crippen LogP contribution in [0.25, 0.3) is 0 Å². The molecule has 0 radical (unpaired) electrons. The molecule has 0 saturated carbocycles. The van der Waals surface area contributed by atoms with Crippen molar-refractivity contribution in [3.05, 3.63) is 29.6 Å². The summed E-state index contributed by atoms with van der Waals surface area (Å²) in [5.74, 6) is -1.39. The van der Waals surface area contributed by atoms with Crippen molar-refractivity contribution in [3.8, 4) is 0 Å². The fourth-order valence-corrected chi connectivity index (χ4v) is 1.93. The van der Waals surface area contributed by atoms with Crippen molar-refractivity contribution >= 4 is 11.7 Å². The maximum atomic E-state index is 13.1. The third kappa shape index (κ3) is 5.88. The van der Waals surface area contributed by atoms with Gasteiger partial charge in [0.15, 0.2) is 0 Å². The van der Waals surface area contributed by atoms with Gasteiger partial charge in [0, 0.05) is 12.2 Å². The van der Waals surface area contributed by atoms with Crippen LogP contribution >= 0.6 is 0 Å². The van der Waals surface area contributed by atoms with E-state index >= 15 is 0 Å². The molecular weight excluding hydrogens is 304 g/mol. The average Bonchev–Trinajstić information content (AvgIpc) is 2.36. The molecule has 0 heterocycles. The second kappa shape index (κ2) is 7.44. The summed E-state index contributed by atoms with van der Waals surface area (Å²) in [5, 5.41) is 13.9. The first kappa shape index (κ1) is 18.2. The number of hydrogen-bond acceptors (Lipinski definition) is 2. The number of halogens is 4. The molecule has 8 heteroatoms. The quantitative estimate of drug-likeness (QED) is 0.728. The number of anilines is 1. The predicted molar refractivity (Wildman–Crippen MR) is 73.9 cm³/mol. The number of alkyl halides is 3. The van der Waals surface area contributed by atoms with Crippen LogP contribution in [0.3, 0.4) is 0 Å². The molecule has 3 N–H and O–H groups in total. The van der Waals surface area contributed by atoms with E-state index in [1.165, 1.54) is 0 Å². The van der Waals surface area contributed by atoms with Crippen LogP contribution in [0.15, 0.2) is 18.2 Å². The second-order valence-corrected chi connectivity index (χ2v) is 5.22. The fourth-order valence-electron chi connectivity index (χ4n) is 1.93. The third-order valence-electron chi connectivity index (χ3n) is 2.88.